The first-order chi connectivity index (χ1) is 11.8. The summed E-state index contributed by atoms with van der Waals surface area (Å²) < 4.78 is 5.36. The van der Waals surface area contributed by atoms with Crippen molar-refractivity contribution in [2.24, 2.45) is 0 Å². The van der Waals surface area contributed by atoms with Gasteiger partial charge in [0.1, 0.15) is 5.75 Å². The zero-order valence-electron chi connectivity index (χ0n) is 13.8. The summed E-state index contributed by atoms with van der Waals surface area (Å²) in [5, 5.41) is 6.32. The highest BCUT2D eigenvalue weighted by atomic mass is 35.5. The summed E-state index contributed by atoms with van der Waals surface area (Å²) >= 11 is 11.8. The van der Waals surface area contributed by atoms with Crippen LogP contribution in [-0.2, 0) is 4.79 Å². The van der Waals surface area contributed by atoms with Crippen molar-refractivity contribution in [1.29, 1.82) is 0 Å². The molecule has 7 heteroatoms. The van der Waals surface area contributed by atoms with Crippen LogP contribution in [0.1, 0.15) is 24.2 Å². The lowest BCUT2D eigenvalue weighted by atomic mass is 10.2. The van der Waals surface area contributed by atoms with Crippen molar-refractivity contribution in [1.82, 2.24) is 5.32 Å². The van der Waals surface area contributed by atoms with E-state index in [1.54, 1.807) is 42.5 Å². The summed E-state index contributed by atoms with van der Waals surface area (Å²) in [7, 11) is 0. The van der Waals surface area contributed by atoms with Gasteiger partial charge in [0.05, 0.1) is 5.02 Å². The van der Waals surface area contributed by atoms with Crippen LogP contribution in [0.3, 0.4) is 0 Å². The second kappa shape index (κ2) is 8.74. The summed E-state index contributed by atoms with van der Waals surface area (Å²) in [6, 6.07) is 11.4. The Hall–Kier alpha value is -2.24. The Labute approximate surface area is 156 Å². The van der Waals surface area contributed by atoms with E-state index in [1.807, 2.05) is 13.8 Å². The number of carbonyl (C=O) groups excluding carboxylic acids is 2. The molecule has 2 amide bonds. The highest BCUT2D eigenvalue weighted by Crippen LogP contribution is 2.27. The average molecular weight is 381 g/mol. The molecule has 0 saturated carbocycles. The summed E-state index contributed by atoms with van der Waals surface area (Å²) in [5.41, 5.74) is 1.08. The number of nitrogens with one attached hydrogen (secondary N) is 2. The Morgan fingerprint density at radius 3 is 2.40 bits per heavy atom. The molecule has 0 bridgehead atoms. The van der Waals surface area contributed by atoms with Gasteiger partial charge < -0.3 is 15.4 Å². The predicted octanol–water partition coefficient (Wildman–Crippen LogP) is 4.15. The first-order valence-corrected chi connectivity index (χ1v) is 8.39. The first kappa shape index (κ1) is 19.1. The number of halogens is 2. The molecule has 2 aromatic carbocycles. The fourth-order valence-electron chi connectivity index (χ4n) is 1.98. The van der Waals surface area contributed by atoms with Gasteiger partial charge in [-0.05, 0) is 50.2 Å². The average Bonchev–Trinajstić information content (AvgIpc) is 2.55. The molecule has 132 valence electrons. The zero-order valence-corrected chi connectivity index (χ0v) is 15.3. The molecule has 0 heterocycles. The van der Waals surface area contributed by atoms with Gasteiger partial charge in [-0.2, -0.15) is 0 Å². The SMILES string of the molecule is CC(C)NC(=O)c1ccc(NC(=O)COc2cc(Cl)ccc2Cl)cc1. The number of rotatable bonds is 6. The van der Waals surface area contributed by atoms with Gasteiger partial charge in [0.15, 0.2) is 6.61 Å². The van der Waals surface area contributed by atoms with Crippen molar-refractivity contribution in [2.45, 2.75) is 19.9 Å². The maximum absolute atomic E-state index is 12.0. The van der Waals surface area contributed by atoms with Crippen LogP contribution < -0.4 is 15.4 Å². The summed E-state index contributed by atoms with van der Waals surface area (Å²) in [6.07, 6.45) is 0. The molecule has 0 fully saturated rings. The summed E-state index contributed by atoms with van der Waals surface area (Å²) in [6.45, 7) is 3.56. The third-order valence-electron chi connectivity index (χ3n) is 3.10. The van der Waals surface area contributed by atoms with Gasteiger partial charge in [0.25, 0.3) is 11.8 Å². The molecule has 2 N–H and O–H groups in total. The van der Waals surface area contributed by atoms with E-state index in [4.69, 9.17) is 27.9 Å². The number of ether oxygens (including phenoxy) is 1. The van der Waals surface area contributed by atoms with E-state index in [9.17, 15) is 9.59 Å². The minimum atomic E-state index is -0.351. The number of anilines is 1. The Morgan fingerprint density at radius 1 is 1.08 bits per heavy atom. The molecular formula is C18H18Cl2N2O3. The smallest absolute Gasteiger partial charge is 0.262 e. The Kier molecular flexibility index (Phi) is 6.67. The minimum absolute atomic E-state index is 0.0577. The van der Waals surface area contributed by atoms with Crippen molar-refractivity contribution in [3.63, 3.8) is 0 Å². The van der Waals surface area contributed by atoms with E-state index in [0.29, 0.717) is 27.0 Å². The van der Waals surface area contributed by atoms with E-state index in [2.05, 4.69) is 10.6 Å². The molecule has 0 aliphatic rings. The molecule has 0 aliphatic carbocycles. The second-order valence-electron chi connectivity index (χ2n) is 5.62. The number of carbonyl (C=O) groups is 2. The largest absolute Gasteiger partial charge is 0.482 e. The zero-order chi connectivity index (χ0) is 18.4. The topological polar surface area (TPSA) is 67.4 Å². The molecule has 0 atom stereocenters. The number of hydrogen-bond donors (Lipinski definition) is 2. The van der Waals surface area contributed by atoms with Crippen molar-refractivity contribution >= 4 is 40.7 Å². The number of amides is 2. The third-order valence-corrected chi connectivity index (χ3v) is 3.65. The Bertz CT molecular complexity index is 761. The van der Waals surface area contributed by atoms with Crippen LogP contribution in [0.5, 0.6) is 5.75 Å². The van der Waals surface area contributed by atoms with E-state index < -0.39 is 0 Å². The van der Waals surface area contributed by atoms with Gasteiger partial charge in [-0.25, -0.2) is 0 Å². The van der Waals surface area contributed by atoms with Gasteiger partial charge in [0, 0.05) is 28.4 Å². The summed E-state index contributed by atoms with van der Waals surface area (Å²) in [4.78, 5) is 23.8. The molecule has 25 heavy (non-hydrogen) atoms. The summed E-state index contributed by atoms with van der Waals surface area (Å²) in [5.74, 6) is -0.174. The molecule has 5 nitrogen and oxygen atoms in total. The molecule has 2 aromatic rings. The molecule has 0 aliphatic heterocycles. The predicted molar refractivity (Wildman–Crippen MR) is 99.6 cm³/mol. The molecule has 0 saturated heterocycles. The van der Waals surface area contributed by atoms with Crippen molar-refractivity contribution in [3.8, 4) is 5.75 Å². The standard InChI is InChI=1S/C18H18Cl2N2O3/c1-11(2)21-18(24)12-3-6-14(7-4-12)22-17(23)10-25-16-9-13(19)5-8-15(16)20/h3-9,11H,10H2,1-2H3,(H,21,24)(H,22,23). The number of benzene rings is 2. The second-order valence-corrected chi connectivity index (χ2v) is 6.46. The fourth-order valence-corrected chi connectivity index (χ4v) is 2.31. The Morgan fingerprint density at radius 2 is 1.76 bits per heavy atom. The first-order valence-electron chi connectivity index (χ1n) is 7.64. The lowest BCUT2D eigenvalue weighted by molar-refractivity contribution is -0.118. The molecule has 2 rings (SSSR count). The minimum Gasteiger partial charge on any atom is -0.482 e. The quantitative estimate of drug-likeness (QED) is 0.790. The van der Waals surface area contributed by atoms with E-state index in [-0.39, 0.29) is 24.5 Å². The van der Waals surface area contributed by atoms with Crippen molar-refractivity contribution in [2.75, 3.05) is 11.9 Å². The Balaban J connectivity index is 1.90. The highest BCUT2D eigenvalue weighted by molar-refractivity contribution is 6.34. The van der Waals surface area contributed by atoms with Gasteiger partial charge in [-0.3, -0.25) is 9.59 Å². The van der Waals surface area contributed by atoms with Crippen molar-refractivity contribution < 1.29 is 14.3 Å². The third kappa shape index (κ3) is 5.96. The van der Waals surface area contributed by atoms with Crippen LogP contribution in [0.15, 0.2) is 42.5 Å². The number of hydrogen-bond acceptors (Lipinski definition) is 3. The van der Waals surface area contributed by atoms with Crippen LogP contribution in [0.4, 0.5) is 5.69 Å². The van der Waals surface area contributed by atoms with Crippen LogP contribution >= 0.6 is 23.2 Å². The van der Waals surface area contributed by atoms with Gasteiger partial charge in [-0.1, -0.05) is 23.2 Å². The van der Waals surface area contributed by atoms with Crippen LogP contribution in [-0.4, -0.2) is 24.5 Å². The molecule has 0 radical (unpaired) electrons. The van der Waals surface area contributed by atoms with E-state index >= 15 is 0 Å². The van der Waals surface area contributed by atoms with Gasteiger partial charge in [-0.15, -0.1) is 0 Å². The molecule has 0 unspecified atom stereocenters. The monoisotopic (exact) mass is 380 g/mol. The lowest BCUT2D eigenvalue weighted by Gasteiger charge is -2.10. The molecule has 0 aromatic heterocycles. The highest BCUT2D eigenvalue weighted by Gasteiger charge is 2.09. The van der Waals surface area contributed by atoms with E-state index in [1.165, 1.54) is 0 Å². The van der Waals surface area contributed by atoms with Crippen LogP contribution in [0.25, 0.3) is 0 Å². The molecule has 0 spiro atoms. The lowest BCUT2D eigenvalue weighted by Crippen LogP contribution is -2.30. The van der Waals surface area contributed by atoms with Crippen molar-refractivity contribution in [3.05, 3.63) is 58.1 Å². The van der Waals surface area contributed by atoms with Gasteiger partial charge in [0.2, 0.25) is 0 Å². The fraction of sp³-hybridized carbons (Fsp3) is 0.222. The van der Waals surface area contributed by atoms with Crippen LogP contribution in [0, 0.1) is 0 Å². The van der Waals surface area contributed by atoms with Gasteiger partial charge >= 0.3 is 0 Å². The van der Waals surface area contributed by atoms with Crippen LogP contribution in [0.2, 0.25) is 10.0 Å². The van der Waals surface area contributed by atoms with E-state index in [0.717, 1.165) is 0 Å². The molecular weight excluding hydrogens is 363 g/mol. The maximum Gasteiger partial charge on any atom is 0.262 e. The normalized spacial score (nSPS) is 10.4. The maximum atomic E-state index is 12.0.